The summed E-state index contributed by atoms with van der Waals surface area (Å²) in [4.78, 5) is 26.2. The SMILES string of the molecule is CC(C)CC1NC(=O)CCN(CC2CCCC2)C1=O. The zero-order chi connectivity index (χ0) is 13.8. The van der Waals surface area contributed by atoms with Gasteiger partial charge < -0.3 is 10.2 Å². The van der Waals surface area contributed by atoms with E-state index in [1.54, 1.807) is 0 Å². The molecule has 1 saturated heterocycles. The minimum atomic E-state index is -0.309. The Bertz CT molecular complexity index is 335. The van der Waals surface area contributed by atoms with E-state index in [1.807, 2.05) is 4.90 Å². The zero-order valence-electron chi connectivity index (χ0n) is 12.2. The third kappa shape index (κ3) is 3.95. The quantitative estimate of drug-likeness (QED) is 0.845. The average molecular weight is 266 g/mol. The molecule has 0 aromatic carbocycles. The Kier molecular flexibility index (Phi) is 4.83. The lowest BCUT2D eigenvalue weighted by molar-refractivity contribution is -0.134. The molecule has 1 saturated carbocycles. The summed E-state index contributed by atoms with van der Waals surface area (Å²) in [6.07, 6.45) is 6.25. The second-order valence-electron chi connectivity index (χ2n) is 6.43. The van der Waals surface area contributed by atoms with Crippen molar-refractivity contribution in [2.75, 3.05) is 13.1 Å². The lowest BCUT2D eigenvalue weighted by atomic mass is 10.0. The lowest BCUT2D eigenvalue weighted by Crippen LogP contribution is -2.46. The van der Waals surface area contributed by atoms with E-state index >= 15 is 0 Å². The number of carbonyl (C=O) groups excluding carboxylic acids is 2. The normalized spacial score (nSPS) is 25.8. The van der Waals surface area contributed by atoms with Crippen LogP contribution < -0.4 is 5.32 Å². The Labute approximate surface area is 115 Å². The van der Waals surface area contributed by atoms with E-state index in [1.165, 1.54) is 25.7 Å². The zero-order valence-corrected chi connectivity index (χ0v) is 12.2. The molecule has 1 N–H and O–H groups in total. The summed E-state index contributed by atoms with van der Waals surface area (Å²) in [5, 5.41) is 2.88. The van der Waals surface area contributed by atoms with Gasteiger partial charge in [0.05, 0.1) is 0 Å². The van der Waals surface area contributed by atoms with Crippen molar-refractivity contribution in [2.45, 2.75) is 58.4 Å². The summed E-state index contributed by atoms with van der Waals surface area (Å²) in [6, 6.07) is -0.309. The summed E-state index contributed by atoms with van der Waals surface area (Å²) >= 11 is 0. The van der Waals surface area contributed by atoms with Crippen molar-refractivity contribution in [3.63, 3.8) is 0 Å². The van der Waals surface area contributed by atoms with Gasteiger partial charge in [-0.25, -0.2) is 0 Å². The van der Waals surface area contributed by atoms with Crippen LogP contribution in [0.5, 0.6) is 0 Å². The lowest BCUT2D eigenvalue weighted by Gasteiger charge is -2.27. The van der Waals surface area contributed by atoms with Crippen LogP contribution in [0.3, 0.4) is 0 Å². The van der Waals surface area contributed by atoms with Crippen molar-refractivity contribution < 1.29 is 9.59 Å². The van der Waals surface area contributed by atoms with E-state index in [4.69, 9.17) is 0 Å². The first kappa shape index (κ1) is 14.4. The fourth-order valence-electron chi connectivity index (χ4n) is 3.21. The van der Waals surface area contributed by atoms with Crippen LogP contribution in [0.2, 0.25) is 0 Å². The molecule has 1 aliphatic carbocycles. The van der Waals surface area contributed by atoms with E-state index in [-0.39, 0.29) is 17.9 Å². The Hall–Kier alpha value is -1.06. The average Bonchev–Trinajstić information content (AvgIpc) is 2.80. The molecule has 0 aromatic heterocycles. The van der Waals surface area contributed by atoms with E-state index in [2.05, 4.69) is 19.2 Å². The molecule has 1 unspecified atom stereocenters. The Morgan fingerprint density at radius 1 is 1.26 bits per heavy atom. The fourth-order valence-corrected chi connectivity index (χ4v) is 3.21. The molecule has 2 amide bonds. The molecular formula is C15H26N2O2. The van der Waals surface area contributed by atoms with Crippen molar-refractivity contribution in [2.24, 2.45) is 11.8 Å². The highest BCUT2D eigenvalue weighted by molar-refractivity contribution is 5.89. The second kappa shape index (κ2) is 6.40. The minimum absolute atomic E-state index is 0.0212. The minimum Gasteiger partial charge on any atom is -0.344 e. The van der Waals surface area contributed by atoms with Gasteiger partial charge in [0.25, 0.3) is 0 Å². The number of hydrogen-bond acceptors (Lipinski definition) is 2. The van der Waals surface area contributed by atoms with E-state index < -0.39 is 0 Å². The van der Waals surface area contributed by atoms with Gasteiger partial charge in [-0.2, -0.15) is 0 Å². The molecule has 1 atom stereocenters. The van der Waals surface area contributed by atoms with Gasteiger partial charge in [0, 0.05) is 19.5 Å². The molecule has 2 rings (SSSR count). The third-order valence-corrected chi connectivity index (χ3v) is 4.21. The van der Waals surface area contributed by atoms with Crippen LogP contribution in [0.25, 0.3) is 0 Å². The van der Waals surface area contributed by atoms with Crippen molar-refractivity contribution >= 4 is 11.8 Å². The fraction of sp³-hybridized carbons (Fsp3) is 0.867. The highest BCUT2D eigenvalue weighted by atomic mass is 16.2. The maximum Gasteiger partial charge on any atom is 0.245 e. The summed E-state index contributed by atoms with van der Waals surface area (Å²) in [5.74, 6) is 1.22. The molecule has 0 radical (unpaired) electrons. The number of hydrogen-bond donors (Lipinski definition) is 1. The van der Waals surface area contributed by atoms with Crippen LogP contribution in [0.1, 0.15) is 52.4 Å². The smallest absolute Gasteiger partial charge is 0.245 e. The van der Waals surface area contributed by atoms with Crippen molar-refractivity contribution in [1.29, 1.82) is 0 Å². The van der Waals surface area contributed by atoms with Gasteiger partial charge in [0.1, 0.15) is 6.04 Å². The van der Waals surface area contributed by atoms with E-state index in [9.17, 15) is 9.59 Å². The number of amides is 2. The van der Waals surface area contributed by atoms with E-state index in [0.717, 1.165) is 13.0 Å². The van der Waals surface area contributed by atoms with Gasteiger partial charge in [-0.3, -0.25) is 9.59 Å². The van der Waals surface area contributed by atoms with Crippen molar-refractivity contribution in [3.8, 4) is 0 Å². The first-order chi connectivity index (χ1) is 9.06. The first-order valence-electron chi connectivity index (χ1n) is 7.64. The highest BCUT2D eigenvalue weighted by Crippen LogP contribution is 2.26. The van der Waals surface area contributed by atoms with Gasteiger partial charge in [-0.1, -0.05) is 26.7 Å². The third-order valence-electron chi connectivity index (χ3n) is 4.21. The molecule has 108 valence electrons. The van der Waals surface area contributed by atoms with Gasteiger partial charge in [0.2, 0.25) is 11.8 Å². The van der Waals surface area contributed by atoms with Gasteiger partial charge in [0.15, 0.2) is 0 Å². The molecule has 2 aliphatic rings. The topological polar surface area (TPSA) is 49.4 Å². The van der Waals surface area contributed by atoms with Gasteiger partial charge in [-0.15, -0.1) is 0 Å². The van der Waals surface area contributed by atoms with Crippen LogP contribution in [0.15, 0.2) is 0 Å². The van der Waals surface area contributed by atoms with E-state index in [0.29, 0.717) is 24.8 Å². The number of nitrogens with one attached hydrogen (secondary N) is 1. The Morgan fingerprint density at radius 3 is 2.58 bits per heavy atom. The molecule has 0 aromatic rings. The summed E-state index contributed by atoms with van der Waals surface area (Å²) in [5.41, 5.74) is 0. The Morgan fingerprint density at radius 2 is 1.95 bits per heavy atom. The predicted molar refractivity (Wildman–Crippen MR) is 74.5 cm³/mol. The monoisotopic (exact) mass is 266 g/mol. The van der Waals surface area contributed by atoms with Crippen LogP contribution >= 0.6 is 0 Å². The summed E-state index contributed by atoms with van der Waals surface area (Å²) in [7, 11) is 0. The molecule has 4 nitrogen and oxygen atoms in total. The first-order valence-corrected chi connectivity index (χ1v) is 7.64. The molecule has 0 spiro atoms. The molecule has 2 fully saturated rings. The maximum atomic E-state index is 12.5. The van der Waals surface area contributed by atoms with Crippen LogP contribution in [-0.4, -0.2) is 35.8 Å². The standard InChI is InChI=1S/C15H26N2O2/c1-11(2)9-13-15(19)17(8-7-14(18)16-13)10-12-5-3-4-6-12/h11-13H,3-10H2,1-2H3,(H,16,18). The predicted octanol–water partition coefficient (Wildman–Crippen LogP) is 1.94. The molecule has 1 heterocycles. The second-order valence-corrected chi connectivity index (χ2v) is 6.43. The van der Waals surface area contributed by atoms with Gasteiger partial charge >= 0.3 is 0 Å². The molecule has 19 heavy (non-hydrogen) atoms. The number of carbonyl (C=O) groups is 2. The summed E-state index contributed by atoms with van der Waals surface area (Å²) in [6.45, 7) is 5.62. The van der Waals surface area contributed by atoms with Crippen LogP contribution in [-0.2, 0) is 9.59 Å². The number of nitrogens with zero attached hydrogens (tertiary/aromatic N) is 1. The van der Waals surface area contributed by atoms with Gasteiger partial charge in [-0.05, 0) is 31.1 Å². The molecule has 1 aliphatic heterocycles. The largest absolute Gasteiger partial charge is 0.344 e. The Balaban J connectivity index is 2.00. The van der Waals surface area contributed by atoms with Crippen LogP contribution in [0.4, 0.5) is 0 Å². The van der Waals surface area contributed by atoms with Crippen LogP contribution in [0, 0.1) is 11.8 Å². The highest BCUT2D eigenvalue weighted by Gasteiger charge is 2.31. The molecule has 4 heteroatoms. The summed E-state index contributed by atoms with van der Waals surface area (Å²) < 4.78 is 0. The maximum absolute atomic E-state index is 12.5. The van der Waals surface area contributed by atoms with Crippen molar-refractivity contribution in [1.82, 2.24) is 10.2 Å². The molecular weight excluding hydrogens is 240 g/mol. The molecule has 0 bridgehead atoms. The van der Waals surface area contributed by atoms with Crippen molar-refractivity contribution in [3.05, 3.63) is 0 Å². The number of rotatable bonds is 4.